The van der Waals surface area contributed by atoms with Crippen LogP contribution >= 0.6 is 38.1 Å². The molecule has 2 aromatic carbocycles. The van der Waals surface area contributed by atoms with Crippen LogP contribution in [0.15, 0.2) is 85.1 Å². The van der Waals surface area contributed by atoms with E-state index in [0.29, 0.717) is 0 Å². The Morgan fingerprint density at radius 2 is 1.12 bits per heavy atom. The number of aromatic nitrogens is 1. The average Bonchev–Trinajstić information content (AvgIpc) is 3.32. The van der Waals surface area contributed by atoms with E-state index in [0.717, 1.165) is 0 Å². The summed E-state index contributed by atoms with van der Waals surface area (Å²) in [5.41, 5.74) is 2.83. The Hall–Kier alpha value is -0.361. The Bertz CT molecular complexity index is 777. The van der Waals surface area contributed by atoms with Crippen molar-refractivity contribution in [2.75, 3.05) is 0 Å². The molecule has 4 rings (SSSR count). The topological polar surface area (TPSA) is 14.1 Å². The van der Waals surface area contributed by atoms with E-state index in [4.69, 9.17) is 30.1 Å². The molecule has 1 fully saturated rings. The Labute approximate surface area is 213 Å². The molecular formula is C25H28Cl3CrNPSi+. The van der Waals surface area contributed by atoms with Gasteiger partial charge in [0.15, 0.2) is 6.20 Å². The molecule has 0 aliphatic heterocycles. The van der Waals surface area contributed by atoms with Crippen LogP contribution in [-0.4, -0.2) is 8.07 Å². The molecule has 1 heterocycles. The molecule has 1 aliphatic rings. The third-order valence-electron chi connectivity index (χ3n) is 4.49. The first-order chi connectivity index (χ1) is 15.3. The van der Waals surface area contributed by atoms with Crippen molar-refractivity contribution in [3.05, 3.63) is 116 Å². The van der Waals surface area contributed by atoms with Crippen molar-refractivity contribution in [3.63, 3.8) is 0 Å². The summed E-state index contributed by atoms with van der Waals surface area (Å²) in [7, 11) is 13.3. The van der Waals surface area contributed by atoms with E-state index in [2.05, 4.69) is 123 Å². The second-order valence-electron chi connectivity index (χ2n) is 7.85. The van der Waals surface area contributed by atoms with Crippen LogP contribution in [0.25, 0.3) is 0 Å². The zero-order valence-corrected chi connectivity index (χ0v) is 23.8. The quantitative estimate of drug-likeness (QED) is 0.253. The average molecular weight is 560 g/mol. The van der Waals surface area contributed by atoms with Crippen molar-refractivity contribution >= 4 is 62.2 Å². The van der Waals surface area contributed by atoms with Crippen molar-refractivity contribution in [1.82, 2.24) is 0 Å². The second kappa shape index (κ2) is 14.8. The molecular weight excluding hydrogens is 532 g/mol. The molecule has 0 unspecified atom stereocenters. The Balaban J connectivity index is 0.000000233. The number of hydrogen-bond acceptors (Lipinski definition) is 0. The molecule has 168 valence electrons. The van der Waals surface area contributed by atoms with E-state index in [1.807, 2.05) is 12.3 Å². The minimum absolute atomic E-state index is 0.502. The van der Waals surface area contributed by atoms with Crippen molar-refractivity contribution in [3.8, 4) is 0 Å². The van der Waals surface area contributed by atoms with E-state index >= 15 is 0 Å². The predicted molar refractivity (Wildman–Crippen MR) is 143 cm³/mol. The fourth-order valence-electron chi connectivity index (χ4n) is 2.98. The van der Waals surface area contributed by atoms with E-state index in [9.17, 15) is 0 Å². The number of pyridine rings is 1. The summed E-state index contributed by atoms with van der Waals surface area (Å²) in [6, 6.07) is 27.7. The fraction of sp³-hybridized carbons (Fsp3) is 0.120. The van der Waals surface area contributed by atoms with Gasteiger partial charge < -0.3 is 0 Å². The first-order valence-electron chi connectivity index (χ1n) is 10.1. The SMILES string of the molecule is C[Si](C)(C)[C]1[CH][CH][CH][CH]1.[Cl][Cr]([Cl])[Cl].c1ccc(P(c2ccccc2)c2cccc[nH+]2)cc1. The number of nitrogens with one attached hydrogen (secondary N) is 1. The third-order valence-corrected chi connectivity index (χ3v) is 8.95. The van der Waals surface area contributed by atoms with Gasteiger partial charge in [-0.3, -0.25) is 0 Å². The number of rotatable bonds is 4. The Kier molecular flexibility index (Phi) is 12.9. The number of benzene rings is 2. The van der Waals surface area contributed by atoms with E-state index in [1.54, 1.807) is 5.54 Å². The molecule has 1 N–H and O–H groups in total. The number of halogens is 3. The van der Waals surface area contributed by atoms with Gasteiger partial charge in [-0.05, 0) is 47.9 Å². The molecule has 0 bridgehead atoms. The van der Waals surface area contributed by atoms with Gasteiger partial charge >= 0.3 is 41.5 Å². The smallest absolute Gasteiger partial charge is 0.209 e. The third kappa shape index (κ3) is 10.3. The summed E-state index contributed by atoms with van der Waals surface area (Å²) in [4.78, 5) is 3.39. The molecule has 0 amide bonds. The molecule has 0 spiro atoms. The standard InChI is InChI=1S/C17H14NP.C8H13Si.3ClH.Cr/c1-3-9-15(10-4-1)19(16-11-5-2-6-12-16)17-13-7-8-14-18-17;1-9(2,3)8-6-4-5-7-8;;;;/h1-14H;4-7H,1-3H3;3*1H;/q;;;;;+3/p-2. The number of H-pyrrole nitrogens is 1. The van der Waals surface area contributed by atoms with Crippen molar-refractivity contribution in [1.29, 1.82) is 0 Å². The van der Waals surface area contributed by atoms with Crippen LogP contribution in [-0.2, 0) is 11.4 Å². The van der Waals surface area contributed by atoms with Crippen LogP contribution in [0.1, 0.15) is 0 Å². The van der Waals surface area contributed by atoms with E-state index in [1.165, 1.54) is 16.0 Å². The Morgan fingerprint density at radius 1 is 0.688 bits per heavy atom. The summed E-state index contributed by atoms with van der Waals surface area (Å²) >= 11 is -1.62. The molecule has 5 radical (unpaired) electrons. The van der Waals surface area contributed by atoms with E-state index < -0.39 is 27.4 Å². The minimum Gasteiger partial charge on any atom is -0.211 e. The van der Waals surface area contributed by atoms with Gasteiger partial charge in [-0.2, -0.15) is 0 Å². The summed E-state index contributed by atoms with van der Waals surface area (Å²) in [5.74, 6) is 0. The van der Waals surface area contributed by atoms with Gasteiger partial charge in [-0.25, -0.2) is 4.98 Å². The molecule has 3 aromatic rings. The molecule has 0 atom stereocenters. The van der Waals surface area contributed by atoms with Crippen molar-refractivity contribution in [2.24, 2.45) is 0 Å². The van der Waals surface area contributed by atoms with Crippen molar-refractivity contribution < 1.29 is 16.4 Å². The van der Waals surface area contributed by atoms with Crippen LogP contribution in [0.5, 0.6) is 0 Å². The fourth-order valence-corrected chi connectivity index (χ4v) is 6.40. The zero-order valence-electron chi connectivity index (χ0n) is 18.4. The van der Waals surface area contributed by atoms with Crippen molar-refractivity contribution in [2.45, 2.75) is 19.6 Å². The van der Waals surface area contributed by atoms with Gasteiger partial charge in [-0.1, -0.05) is 80.3 Å². The maximum Gasteiger partial charge on any atom is 0.209 e. The molecule has 1 aliphatic carbocycles. The number of aromatic amines is 1. The van der Waals surface area contributed by atoms with Gasteiger partial charge in [0.05, 0.1) is 16.0 Å². The van der Waals surface area contributed by atoms with Crippen LogP contribution in [0, 0.1) is 31.2 Å². The summed E-state index contributed by atoms with van der Waals surface area (Å²) in [5, 5.41) is 2.73. The maximum atomic E-state index is 4.93. The van der Waals surface area contributed by atoms with Gasteiger partial charge in [-0.15, -0.1) is 0 Å². The normalized spacial score (nSPS) is 13.9. The van der Waals surface area contributed by atoms with Crippen LogP contribution in [0.3, 0.4) is 0 Å². The molecule has 1 saturated carbocycles. The molecule has 7 heteroatoms. The largest absolute Gasteiger partial charge is 0.211 e. The second-order valence-corrected chi connectivity index (χ2v) is 21.4. The molecule has 1 aromatic heterocycles. The number of hydrogen-bond donors (Lipinski definition) is 0. The molecule has 0 saturated heterocycles. The first-order valence-corrected chi connectivity index (χ1v) is 20.2. The van der Waals surface area contributed by atoms with E-state index in [-0.39, 0.29) is 0 Å². The predicted octanol–water partition coefficient (Wildman–Crippen LogP) is 6.59. The van der Waals surface area contributed by atoms with Crippen LogP contribution in [0.2, 0.25) is 19.6 Å². The Morgan fingerprint density at radius 3 is 1.47 bits per heavy atom. The molecule has 1 nitrogen and oxygen atoms in total. The van der Waals surface area contributed by atoms with Gasteiger partial charge in [0.1, 0.15) is 0 Å². The summed E-state index contributed by atoms with van der Waals surface area (Å²) in [6.07, 6.45) is 10.7. The monoisotopic (exact) mass is 558 g/mol. The zero-order chi connectivity index (χ0) is 23.4. The van der Waals surface area contributed by atoms with Crippen LogP contribution < -0.4 is 21.0 Å². The summed E-state index contributed by atoms with van der Waals surface area (Å²) in [6.45, 7) is 7.09. The summed E-state index contributed by atoms with van der Waals surface area (Å²) < 4.78 is 0. The van der Waals surface area contributed by atoms with Gasteiger partial charge in [0.25, 0.3) is 0 Å². The van der Waals surface area contributed by atoms with Gasteiger partial charge in [0.2, 0.25) is 5.44 Å². The maximum absolute atomic E-state index is 4.93. The first kappa shape index (κ1) is 27.9. The van der Waals surface area contributed by atoms with Gasteiger partial charge in [0, 0.05) is 12.1 Å². The van der Waals surface area contributed by atoms with Crippen LogP contribution in [0.4, 0.5) is 0 Å². The minimum atomic E-state index is -1.62. The molecule has 32 heavy (non-hydrogen) atoms.